The summed E-state index contributed by atoms with van der Waals surface area (Å²) in [5.41, 5.74) is 16.7. The van der Waals surface area contributed by atoms with Crippen molar-refractivity contribution in [1.29, 1.82) is 0 Å². The Morgan fingerprint density at radius 3 is 0.971 bits per heavy atom. The van der Waals surface area contributed by atoms with Crippen molar-refractivity contribution in [2.75, 3.05) is 191 Å². The maximum Gasteiger partial charge on any atom is 0.246 e. The minimum atomic E-state index is -1.42. The van der Waals surface area contributed by atoms with Crippen LogP contribution < -0.4 is 49.1 Å². The molecule has 104 heavy (non-hydrogen) atoms. The van der Waals surface area contributed by atoms with Gasteiger partial charge in [0.05, 0.1) is 177 Å². The van der Waals surface area contributed by atoms with E-state index in [0.717, 1.165) is 12.8 Å². The molecule has 15 unspecified atom stereocenters. The maximum absolute atomic E-state index is 13.9. The number of carbonyl (C=O) groups is 6. The molecule has 39 heteroatoms. The van der Waals surface area contributed by atoms with Crippen molar-refractivity contribution in [3.8, 4) is 0 Å². The molecule has 6 amide bonds. The van der Waals surface area contributed by atoms with Gasteiger partial charge in [0.15, 0.2) is 18.9 Å². The number of aliphatic hydroxyl groups excluding tert-OH is 9. The van der Waals surface area contributed by atoms with Crippen molar-refractivity contribution in [2.45, 2.75) is 175 Å². The zero-order valence-electron chi connectivity index (χ0n) is 60.0. The quantitative estimate of drug-likeness (QED) is 0.0199. The summed E-state index contributed by atoms with van der Waals surface area (Å²) in [4.78, 5) is 76.9. The predicted octanol–water partition coefficient (Wildman–Crippen LogP) is -8.21. The van der Waals surface area contributed by atoms with Gasteiger partial charge >= 0.3 is 0 Å². The Bertz CT molecular complexity index is 2150. The molecule has 0 aromatic heterocycles. The lowest BCUT2D eigenvalue weighted by Crippen LogP contribution is -2.62. The monoisotopic (exact) mass is 1510 g/mol. The van der Waals surface area contributed by atoms with Gasteiger partial charge in [0.1, 0.15) is 60.5 Å². The zero-order valence-corrected chi connectivity index (χ0v) is 60.0. The van der Waals surface area contributed by atoms with Crippen molar-refractivity contribution in [3.63, 3.8) is 0 Å². The second-order valence-corrected chi connectivity index (χ2v) is 24.9. The minimum Gasteiger partial charge on any atom is -0.394 e. The van der Waals surface area contributed by atoms with Gasteiger partial charge in [-0.05, 0) is 32.6 Å². The molecule has 3 rings (SSSR count). The molecule has 0 aliphatic carbocycles. The van der Waals surface area contributed by atoms with E-state index in [1.165, 1.54) is 0 Å². The first-order chi connectivity index (χ1) is 50.1. The van der Waals surface area contributed by atoms with Crippen molar-refractivity contribution in [3.05, 3.63) is 12.2 Å². The Labute approximate surface area is 607 Å². The number of nitrogens with one attached hydrogen (secondary N) is 6. The lowest BCUT2D eigenvalue weighted by Gasteiger charge is -2.40. The number of carbonyl (C=O) groups excluding carboxylic acids is 6. The lowest BCUT2D eigenvalue weighted by atomic mass is 9.98. The molecular formula is C65H121N9O30. The van der Waals surface area contributed by atoms with Crippen LogP contribution in [0.4, 0.5) is 0 Å². The molecular weight excluding hydrogens is 1390 g/mol. The summed E-state index contributed by atoms with van der Waals surface area (Å²) in [7, 11) is 0. The average molecular weight is 1510 g/mol. The van der Waals surface area contributed by atoms with E-state index in [4.69, 9.17) is 88.3 Å². The molecule has 0 radical (unpaired) electrons. The summed E-state index contributed by atoms with van der Waals surface area (Å²) < 4.78 is 84.2. The summed E-state index contributed by atoms with van der Waals surface area (Å²) in [6, 6.07) is -3.13. The summed E-state index contributed by atoms with van der Waals surface area (Å²) in [5.74, 6) is -1.82. The molecule has 39 nitrogen and oxygen atoms in total. The van der Waals surface area contributed by atoms with E-state index in [9.17, 15) is 74.7 Å². The predicted molar refractivity (Wildman–Crippen MR) is 364 cm³/mol. The van der Waals surface area contributed by atoms with Crippen LogP contribution in [0.25, 0.3) is 0 Å². The highest BCUT2D eigenvalue weighted by molar-refractivity contribution is 5.92. The van der Waals surface area contributed by atoms with Gasteiger partial charge < -0.3 is 166 Å². The zero-order chi connectivity index (χ0) is 76.3. The third-order valence-corrected chi connectivity index (χ3v) is 16.3. The molecule has 0 spiro atoms. The van der Waals surface area contributed by atoms with Crippen LogP contribution in [-0.4, -0.2) is 370 Å². The normalized spacial score (nSPS) is 25.4. The first-order valence-electron chi connectivity index (χ1n) is 35.6. The number of unbranched alkanes of at least 4 members (excludes halogenated alkanes) is 4. The maximum atomic E-state index is 13.9. The molecule has 15 atom stereocenters. The topological polar surface area (TPSA) is 573 Å². The number of aliphatic hydroxyl groups is 9. The highest BCUT2D eigenvalue weighted by Crippen LogP contribution is 2.23. The van der Waals surface area contributed by atoms with Gasteiger partial charge in [-0.25, -0.2) is 0 Å². The van der Waals surface area contributed by atoms with E-state index in [2.05, 4.69) is 38.5 Å². The van der Waals surface area contributed by atoms with Crippen molar-refractivity contribution >= 4 is 35.4 Å². The fraction of sp³-hybridized carbons (Fsp3) is 0.877. The number of rotatable bonds is 62. The molecule has 0 saturated carbocycles. The Morgan fingerprint density at radius 2 is 0.644 bits per heavy atom. The van der Waals surface area contributed by atoms with E-state index in [0.29, 0.717) is 50.8 Å². The number of amides is 6. The van der Waals surface area contributed by atoms with Crippen LogP contribution in [0.3, 0.4) is 0 Å². The number of hydrogen-bond donors (Lipinski definition) is 18. The Morgan fingerprint density at radius 1 is 0.356 bits per heavy atom. The van der Waals surface area contributed by atoms with E-state index in [1.807, 2.05) is 0 Å². The second kappa shape index (κ2) is 56.7. The van der Waals surface area contributed by atoms with Crippen LogP contribution in [0, 0.1) is 0 Å². The lowest BCUT2D eigenvalue weighted by molar-refractivity contribution is -0.267. The van der Waals surface area contributed by atoms with Gasteiger partial charge in [-0.1, -0.05) is 19.4 Å². The SMILES string of the molecule is C=C(C)C(=O)NCCCCCC(=O)NCCCCCC(=O)NC(COCCC(=O)NCCOCCOCCOC1OC(CO)C(O)C(O)C1N)(COCCC(=O)NCCOCCOCCOC1OC(CO)C(O)C(O)C1N)COCCC(=O)NCCOCCOCCOC1OC(CO)C(O)C(O)C1N. The van der Waals surface area contributed by atoms with Gasteiger partial charge in [0.25, 0.3) is 0 Å². The van der Waals surface area contributed by atoms with E-state index >= 15 is 0 Å². The summed E-state index contributed by atoms with van der Waals surface area (Å²) in [6.45, 7) is 5.87. The fourth-order valence-electron chi connectivity index (χ4n) is 10.2. The van der Waals surface area contributed by atoms with Crippen molar-refractivity contribution in [2.24, 2.45) is 17.2 Å². The molecule has 3 aliphatic rings. The number of hydrogen-bond acceptors (Lipinski definition) is 33. The highest BCUT2D eigenvalue weighted by atomic mass is 16.7. The second-order valence-electron chi connectivity index (χ2n) is 24.9. The van der Waals surface area contributed by atoms with Gasteiger partial charge in [-0.3, -0.25) is 28.8 Å². The first kappa shape index (κ1) is 93.7. The van der Waals surface area contributed by atoms with Crippen molar-refractivity contribution < 1.29 is 146 Å². The largest absolute Gasteiger partial charge is 0.394 e. The molecule has 3 heterocycles. The summed E-state index contributed by atoms with van der Waals surface area (Å²) in [5, 5.41) is 105. The molecule has 606 valence electrons. The molecule has 3 fully saturated rings. The van der Waals surface area contributed by atoms with E-state index < -0.39 is 123 Å². The third-order valence-electron chi connectivity index (χ3n) is 16.3. The fourth-order valence-corrected chi connectivity index (χ4v) is 10.2. The number of nitrogens with two attached hydrogens (primary N) is 3. The molecule has 3 saturated heterocycles. The van der Waals surface area contributed by atoms with Crippen LogP contribution in [0.15, 0.2) is 12.2 Å². The Kier molecular flexibility index (Phi) is 51.1. The first-order valence-corrected chi connectivity index (χ1v) is 35.6. The van der Waals surface area contributed by atoms with E-state index in [1.54, 1.807) is 6.92 Å². The minimum absolute atomic E-state index is 0.0337. The Hall–Kier alpha value is -4.52. The standard InChI is InChI=1S/C65H121N9O30/c1-43(2)61(89)73-15-8-3-5-9-47(78)69-14-7-4-6-10-51(82)74-65(40-96-19-11-48(79)70-16-22-90-25-28-93-31-34-99-62-52(66)58(86)55(83)44(37-75)102-62,41-97-20-12-49(80)71-17-23-91-26-29-94-32-35-100-63-53(67)59(87)56(84)45(38-76)103-63)42-98-21-13-50(81)72-18-24-92-27-30-95-33-36-101-64-54(68)60(88)57(85)46(39-77)104-64/h44-46,52-60,62-64,75-77,83-88H,1,3-42,66-68H2,2H3,(H,69,78)(H,70,79)(H,71,80)(H,72,81)(H,73,89)(H,74,82). The molecule has 0 aromatic rings. The molecule has 21 N–H and O–H groups in total. The molecule has 3 aliphatic heterocycles. The molecule has 0 aromatic carbocycles. The van der Waals surface area contributed by atoms with Crippen LogP contribution in [-0.2, 0) is 99.8 Å². The van der Waals surface area contributed by atoms with Gasteiger partial charge in [0, 0.05) is 70.4 Å². The summed E-state index contributed by atoms with van der Waals surface area (Å²) >= 11 is 0. The van der Waals surface area contributed by atoms with Gasteiger partial charge in [-0.15, -0.1) is 0 Å². The highest BCUT2D eigenvalue weighted by Gasteiger charge is 2.45. The Balaban J connectivity index is 1.52. The average Bonchev–Trinajstić information content (AvgIpc) is 0.836. The van der Waals surface area contributed by atoms with Crippen LogP contribution in [0.1, 0.15) is 77.6 Å². The third kappa shape index (κ3) is 39.5. The van der Waals surface area contributed by atoms with Crippen molar-refractivity contribution in [1.82, 2.24) is 31.9 Å². The summed E-state index contributed by atoms with van der Waals surface area (Å²) in [6.07, 6.45) is -10.7. The van der Waals surface area contributed by atoms with Crippen LogP contribution in [0.2, 0.25) is 0 Å². The molecule has 0 bridgehead atoms. The number of ether oxygens (including phenoxy) is 15. The van der Waals surface area contributed by atoms with Crippen LogP contribution in [0.5, 0.6) is 0 Å². The van der Waals surface area contributed by atoms with Gasteiger partial charge in [-0.2, -0.15) is 0 Å². The smallest absolute Gasteiger partial charge is 0.246 e. The van der Waals surface area contributed by atoms with Gasteiger partial charge in [0.2, 0.25) is 35.4 Å². The van der Waals surface area contributed by atoms with Crippen LogP contribution >= 0.6 is 0 Å². The van der Waals surface area contributed by atoms with E-state index in [-0.39, 0.29) is 214 Å².